The van der Waals surface area contributed by atoms with Crippen LogP contribution >= 0.6 is 0 Å². The zero-order chi connectivity index (χ0) is 24.1. The van der Waals surface area contributed by atoms with Crippen molar-refractivity contribution in [2.45, 2.75) is 43.8 Å². The van der Waals surface area contributed by atoms with E-state index < -0.39 is 60.8 Å². The van der Waals surface area contributed by atoms with E-state index in [-0.39, 0.29) is 19.3 Å². The molecule has 1 rings (SSSR count). The van der Waals surface area contributed by atoms with E-state index in [0.29, 0.717) is 11.8 Å². The maximum absolute atomic E-state index is 12.8. The second kappa shape index (κ2) is 13.5. The van der Waals surface area contributed by atoms with Crippen molar-refractivity contribution in [3.05, 3.63) is 35.9 Å². The van der Waals surface area contributed by atoms with E-state index in [1.54, 1.807) is 30.3 Å². The van der Waals surface area contributed by atoms with Crippen molar-refractivity contribution in [1.29, 1.82) is 0 Å². The molecule has 0 radical (unpaired) electrons. The number of carboxylic acid groups (broad SMARTS) is 2. The highest BCUT2D eigenvalue weighted by Crippen LogP contribution is 2.06. The molecule has 32 heavy (non-hydrogen) atoms. The summed E-state index contributed by atoms with van der Waals surface area (Å²) in [4.78, 5) is 70.0. The number of nitrogens with one attached hydrogen (secondary N) is 3. The molecule has 12 nitrogen and oxygen atoms in total. The fraction of sp³-hybridized carbons (Fsp3) is 0.400. The molecule has 12 heteroatoms. The van der Waals surface area contributed by atoms with Crippen LogP contribution in [-0.2, 0) is 35.2 Å². The smallest absolute Gasteiger partial charge is 0.305 e. The van der Waals surface area contributed by atoms with Crippen molar-refractivity contribution in [1.82, 2.24) is 16.0 Å². The second-order valence-electron chi connectivity index (χ2n) is 6.86. The van der Waals surface area contributed by atoms with Gasteiger partial charge in [-0.05, 0) is 12.0 Å². The fourth-order valence-corrected chi connectivity index (χ4v) is 2.71. The van der Waals surface area contributed by atoms with E-state index in [4.69, 9.17) is 15.9 Å². The Labute approximate surface area is 183 Å². The Balaban J connectivity index is 3.02. The highest BCUT2D eigenvalue weighted by atomic mass is 16.4. The van der Waals surface area contributed by atoms with Crippen LogP contribution in [0.4, 0.5) is 0 Å². The average Bonchev–Trinajstić information content (AvgIpc) is 2.75. The van der Waals surface area contributed by atoms with Crippen molar-refractivity contribution in [3.63, 3.8) is 0 Å². The van der Waals surface area contributed by atoms with Gasteiger partial charge in [-0.1, -0.05) is 30.3 Å². The van der Waals surface area contributed by atoms with E-state index in [1.807, 2.05) is 0 Å². The van der Waals surface area contributed by atoms with Gasteiger partial charge in [0, 0.05) is 12.8 Å². The van der Waals surface area contributed by atoms with Crippen LogP contribution in [0.15, 0.2) is 30.3 Å². The molecule has 7 N–H and O–H groups in total. The van der Waals surface area contributed by atoms with Gasteiger partial charge in [-0.15, -0.1) is 0 Å². The molecule has 0 aliphatic heterocycles. The molecule has 174 valence electrons. The number of carboxylic acids is 2. The molecule has 3 atom stereocenters. The standard InChI is InChI=1S/C20H26N4O8/c21-10-16(26)23-15(9-18(29)30)20(32)24-14(8-12-4-2-1-3-5-12)19(31)22-13(11-25)6-7-17(27)28/h1-5,11,13-15H,6-10,21H2,(H,22,31)(H,23,26)(H,24,32)(H,27,28)(H,29,30)/t13-,14-,15-/m0/s1. The highest BCUT2D eigenvalue weighted by molar-refractivity contribution is 5.94. The van der Waals surface area contributed by atoms with Crippen molar-refractivity contribution in [2.24, 2.45) is 5.73 Å². The SMILES string of the molecule is NCC(=O)N[C@@H](CC(=O)O)C(=O)N[C@@H](Cc1ccccc1)C(=O)N[C@H](C=O)CCC(=O)O. The van der Waals surface area contributed by atoms with Crippen molar-refractivity contribution in [2.75, 3.05) is 6.54 Å². The lowest BCUT2D eigenvalue weighted by Crippen LogP contribution is -2.56. The number of nitrogens with two attached hydrogens (primary N) is 1. The quantitative estimate of drug-likeness (QED) is 0.176. The maximum Gasteiger partial charge on any atom is 0.305 e. The number of hydrogen-bond donors (Lipinski definition) is 6. The first-order chi connectivity index (χ1) is 15.2. The molecule has 0 heterocycles. The fourth-order valence-electron chi connectivity index (χ4n) is 2.71. The first kappa shape index (κ1) is 26.2. The molecule has 0 fully saturated rings. The summed E-state index contributed by atoms with van der Waals surface area (Å²) in [5.41, 5.74) is 5.85. The molecular weight excluding hydrogens is 424 g/mol. The third-order valence-corrected chi connectivity index (χ3v) is 4.29. The zero-order valence-electron chi connectivity index (χ0n) is 17.2. The summed E-state index contributed by atoms with van der Waals surface area (Å²) in [6.45, 7) is -0.470. The monoisotopic (exact) mass is 450 g/mol. The van der Waals surface area contributed by atoms with Crippen molar-refractivity contribution < 1.29 is 39.0 Å². The van der Waals surface area contributed by atoms with Crippen LogP contribution in [0.25, 0.3) is 0 Å². The van der Waals surface area contributed by atoms with E-state index >= 15 is 0 Å². The first-order valence-corrected chi connectivity index (χ1v) is 9.69. The zero-order valence-corrected chi connectivity index (χ0v) is 17.2. The molecule has 3 amide bonds. The maximum atomic E-state index is 12.8. The van der Waals surface area contributed by atoms with Crippen LogP contribution in [0, 0.1) is 0 Å². The number of carbonyl (C=O) groups excluding carboxylic acids is 4. The Morgan fingerprint density at radius 3 is 2.06 bits per heavy atom. The number of amides is 3. The van der Waals surface area contributed by atoms with Crippen LogP contribution in [0.5, 0.6) is 0 Å². The lowest BCUT2D eigenvalue weighted by atomic mass is 10.0. The summed E-state index contributed by atoms with van der Waals surface area (Å²) in [6.07, 6.45) is -0.868. The van der Waals surface area contributed by atoms with E-state index in [9.17, 15) is 28.8 Å². The number of benzene rings is 1. The molecule has 0 aromatic heterocycles. The van der Waals surface area contributed by atoms with Crippen LogP contribution in [-0.4, -0.2) is 70.8 Å². The van der Waals surface area contributed by atoms with E-state index in [0.717, 1.165) is 0 Å². The number of hydrogen-bond acceptors (Lipinski definition) is 7. The van der Waals surface area contributed by atoms with Gasteiger partial charge in [-0.3, -0.25) is 24.0 Å². The molecule has 0 unspecified atom stereocenters. The number of aldehydes is 1. The third-order valence-electron chi connectivity index (χ3n) is 4.29. The molecule has 1 aromatic rings. The van der Waals surface area contributed by atoms with Gasteiger partial charge < -0.3 is 36.7 Å². The summed E-state index contributed by atoms with van der Waals surface area (Å²) in [6, 6.07) is 4.74. The minimum Gasteiger partial charge on any atom is -0.481 e. The summed E-state index contributed by atoms with van der Waals surface area (Å²) < 4.78 is 0. The van der Waals surface area contributed by atoms with Crippen LogP contribution in [0.2, 0.25) is 0 Å². The van der Waals surface area contributed by atoms with Crippen LogP contribution in [0.1, 0.15) is 24.8 Å². The minimum atomic E-state index is -1.48. The Hall–Kier alpha value is -3.80. The van der Waals surface area contributed by atoms with Crippen LogP contribution < -0.4 is 21.7 Å². The summed E-state index contributed by atoms with van der Waals surface area (Å²) in [5.74, 6) is -4.97. The van der Waals surface area contributed by atoms with Gasteiger partial charge in [0.1, 0.15) is 18.4 Å². The molecule has 1 aromatic carbocycles. The van der Waals surface area contributed by atoms with Crippen molar-refractivity contribution in [3.8, 4) is 0 Å². The van der Waals surface area contributed by atoms with Gasteiger partial charge in [-0.25, -0.2) is 0 Å². The predicted octanol–water partition coefficient (Wildman–Crippen LogP) is -1.82. The van der Waals surface area contributed by atoms with Gasteiger partial charge in [0.25, 0.3) is 0 Å². The van der Waals surface area contributed by atoms with Gasteiger partial charge in [0.15, 0.2) is 0 Å². The first-order valence-electron chi connectivity index (χ1n) is 9.69. The van der Waals surface area contributed by atoms with Crippen molar-refractivity contribution >= 4 is 35.9 Å². The number of aliphatic carboxylic acids is 2. The second-order valence-corrected chi connectivity index (χ2v) is 6.86. The topological polar surface area (TPSA) is 205 Å². The molecule has 0 saturated carbocycles. The minimum absolute atomic E-state index is 0.00640. The molecule has 0 bridgehead atoms. The summed E-state index contributed by atoms with van der Waals surface area (Å²) >= 11 is 0. The van der Waals surface area contributed by atoms with Gasteiger partial charge in [-0.2, -0.15) is 0 Å². The Kier molecular flexibility index (Phi) is 11.1. The Morgan fingerprint density at radius 1 is 0.906 bits per heavy atom. The van der Waals surface area contributed by atoms with Gasteiger partial charge in [0.2, 0.25) is 17.7 Å². The summed E-state index contributed by atoms with van der Waals surface area (Å²) in [7, 11) is 0. The molecule has 0 spiro atoms. The van der Waals surface area contributed by atoms with Crippen LogP contribution in [0.3, 0.4) is 0 Å². The Morgan fingerprint density at radius 2 is 1.53 bits per heavy atom. The molecule has 0 aliphatic carbocycles. The highest BCUT2D eigenvalue weighted by Gasteiger charge is 2.29. The summed E-state index contributed by atoms with van der Waals surface area (Å²) in [5, 5.41) is 24.7. The van der Waals surface area contributed by atoms with Gasteiger partial charge in [0.05, 0.1) is 19.0 Å². The molecular formula is C20H26N4O8. The average molecular weight is 450 g/mol. The molecule has 0 aliphatic rings. The Bertz CT molecular complexity index is 830. The third kappa shape index (κ3) is 9.80. The predicted molar refractivity (Wildman–Crippen MR) is 110 cm³/mol. The lowest BCUT2D eigenvalue weighted by molar-refractivity contribution is -0.141. The lowest BCUT2D eigenvalue weighted by Gasteiger charge is -2.23. The normalized spacial score (nSPS) is 13.2. The van der Waals surface area contributed by atoms with E-state index in [1.165, 1.54) is 0 Å². The van der Waals surface area contributed by atoms with E-state index in [2.05, 4.69) is 16.0 Å². The largest absolute Gasteiger partial charge is 0.481 e. The number of rotatable bonds is 14. The molecule has 0 saturated heterocycles. The number of carbonyl (C=O) groups is 6. The van der Waals surface area contributed by atoms with Gasteiger partial charge >= 0.3 is 11.9 Å².